The molecule has 0 saturated heterocycles. The van der Waals surface area contributed by atoms with E-state index in [9.17, 15) is 0 Å². The quantitative estimate of drug-likeness (QED) is 0.533. The summed E-state index contributed by atoms with van der Waals surface area (Å²) in [6.07, 6.45) is 0. The van der Waals surface area contributed by atoms with Crippen molar-refractivity contribution in [2.75, 3.05) is 13.1 Å². The van der Waals surface area contributed by atoms with Gasteiger partial charge < -0.3 is 0 Å². The van der Waals surface area contributed by atoms with E-state index in [-0.39, 0.29) is 0 Å². The van der Waals surface area contributed by atoms with Gasteiger partial charge in [-0.25, -0.2) is 4.58 Å². The monoisotopic (exact) mass is 210 g/mol. The molecule has 0 spiro atoms. The molecule has 0 radical (unpaired) electrons. The third-order valence-corrected chi connectivity index (χ3v) is 2.75. The molecule has 2 heteroatoms. The van der Waals surface area contributed by atoms with Crippen molar-refractivity contribution < 1.29 is 4.58 Å². The summed E-state index contributed by atoms with van der Waals surface area (Å²) in [5, 5.41) is 0.846. The maximum absolute atomic E-state index is 6.29. The average molecular weight is 211 g/mol. The zero-order chi connectivity index (χ0) is 10.6. The molecular weight excluding hydrogens is 194 g/mol. The number of benzene rings is 1. The van der Waals surface area contributed by atoms with E-state index in [0.29, 0.717) is 0 Å². The normalized spacial score (nSPS) is 10.0. The maximum atomic E-state index is 6.29. The number of aryl methyl sites for hydroxylation is 1. The number of halogens is 1. The minimum Gasteiger partial charge on any atom is -0.220 e. The van der Waals surface area contributed by atoms with Gasteiger partial charge in [0, 0.05) is 0 Å². The molecule has 0 aliphatic heterocycles. The van der Waals surface area contributed by atoms with E-state index >= 15 is 0 Å². The van der Waals surface area contributed by atoms with Gasteiger partial charge in [0.1, 0.15) is 13.1 Å². The first kappa shape index (κ1) is 11.3. The third kappa shape index (κ3) is 2.58. The van der Waals surface area contributed by atoms with Crippen LogP contribution >= 0.6 is 11.6 Å². The molecule has 0 saturated carbocycles. The van der Waals surface area contributed by atoms with E-state index in [0.717, 1.165) is 23.8 Å². The Balaban J connectivity index is 3.10. The summed E-state index contributed by atoms with van der Waals surface area (Å²) in [4.78, 5) is 0. The van der Waals surface area contributed by atoms with Gasteiger partial charge in [-0.3, -0.25) is 0 Å². The summed E-state index contributed by atoms with van der Waals surface area (Å²) in [6, 6.07) is 8.28. The lowest BCUT2D eigenvalue weighted by molar-refractivity contribution is -0.517. The number of hydrogen-bond acceptors (Lipinski definition) is 0. The molecule has 0 amide bonds. The minimum atomic E-state index is 0.846. The Morgan fingerprint density at radius 1 is 1.29 bits per heavy atom. The second-order valence-electron chi connectivity index (χ2n) is 3.33. The molecule has 0 aliphatic rings. The first-order valence-electron chi connectivity index (χ1n) is 5.03. The zero-order valence-electron chi connectivity index (χ0n) is 9.05. The van der Waals surface area contributed by atoms with Crippen molar-refractivity contribution in [2.24, 2.45) is 0 Å². The van der Waals surface area contributed by atoms with Gasteiger partial charge in [0.25, 0.3) is 5.17 Å². The minimum absolute atomic E-state index is 0.846. The molecule has 14 heavy (non-hydrogen) atoms. The zero-order valence-corrected chi connectivity index (χ0v) is 9.80. The predicted octanol–water partition coefficient (Wildman–Crippen LogP) is 3.03. The van der Waals surface area contributed by atoms with Crippen molar-refractivity contribution >= 4 is 16.8 Å². The average Bonchev–Trinajstić information content (AvgIpc) is 2.19. The molecule has 0 aromatic heterocycles. The summed E-state index contributed by atoms with van der Waals surface area (Å²) in [5.74, 6) is 0. The molecule has 0 unspecified atom stereocenters. The van der Waals surface area contributed by atoms with Gasteiger partial charge in [0.05, 0.1) is 5.56 Å². The van der Waals surface area contributed by atoms with Crippen molar-refractivity contribution in [2.45, 2.75) is 20.8 Å². The Morgan fingerprint density at radius 2 is 1.93 bits per heavy atom. The molecule has 0 atom stereocenters. The van der Waals surface area contributed by atoms with Crippen molar-refractivity contribution in [1.82, 2.24) is 0 Å². The SMILES string of the molecule is CC[N+](CC)=C(Cl)c1cccc(C)c1. The molecule has 1 aromatic rings. The van der Waals surface area contributed by atoms with E-state index in [1.807, 2.05) is 12.1 Å². The predicted molar refractivity (Wildman–Crippen MR) is 62.5 cm³/mol. The van der Waals surface area contributed by atoms with Gasteiger partial charge in [-0.2, -0.15) is 0 Å². The second-order valence-corrected chi connectivity index (χ2v) is 3.69. The van der Waals surface area contributed by atoms with Crippen molar-refractivity contribution in [1.29, 1.82) is 0 Å². The first-order chi connectivity index (χ1) is 6.69. The molecule has 1 nitrogen and oxygen atoms in total. The molecule has 0 fully saturated rings. The fourth-order valence-electron chi connectivity index (χ4n) is 1.46. The molecule has 0 aliphatic carbocycles. The van der Waals surface area contributed by atoms with Gasteiger partial charge in [-0.05, 0) is 44.5 Å². The largest absolute Gasteiger partial charge is 0.276 e. The van der Waals surface area contributed by atoms with Crippen LogP contribution < -0.4 is 0 Å². The number of nitrogens with zero attached hydrogens (tertiary/aromatic N) is 1. The Labute approximate surface area is 91.0 Å². The summed E-state index contributed by atoms with van der Waals surface area (Å²) < 4.78 is 2.15. The van der Waals surface area contributed by atoms with Crippen LogP contribution in [0.5, 0.6) is 0 Å². The number of rotatable bonds is 3. The Bertz CT molecular complexity index is 336. The standard InChI is InChI=1S/C12H17ClN/c1-4-14(5-2)12(13)11-8-6-7-10(3)9-11/h6-9H,4-5H2,1-3H3/q+1. The summed E-state index contributed by atoms with van der Waals surface area (Å²) >= 11 is 6.29. The topological polar surface area (TPSA) is 3.01 Å². The summed E-state index contributed by atoms with van der Waals surface area (Å²) in [6.45, 7) is 8.20. The first-order valence-corrected chi connectivity index (χ1v) is 5.41. The van der Waals surface area contributed by atoms with Crippen molar-refractivity contribution in [3.05, 3.63) is 35.4 Å². The molecule has 76 valence electrons. The highest BCUT2D eigenvalue weighted by molar-refractivity contribution is 6.68. The molecule has 1 aromatic carbocycles. The van der Waals surface area contributed by atoms with Gasteiger partial charge >= 0.3 is 0 Å². The maximum Gasteiger partial charge on any atom is 0.276 e. The molecule has 0 bridgehead atoms. The molecule has 0 heterocycles. The Kier molecular flexibility index (Phi) is 4.15. The van der Waals surface area contributed by atoms with Crippen molar-refractivity contribution in [3.8, 4) is 0 Å². The second kappa shape index (κ2) is 5.16. The van der Waals surface area contributed by atoms with Crippen LogP contribution in [0.3, 0.4) is 0 Å². The van der Waals surface area contributed by atoms with Gasteiger partial charge in [0.15, 0.2) is 0 Å². The van der Waals surface area contributed by atoms with E-state index in [2.05, 4.69) is 37.5 Å². The fourth-order valence-corrected chi connectivity index (χ4v) is 1.81. The molecule has 1 rings (SSSR count). The lowest BCUT2D eigenvalue weighted by Gasteiger charge is -2.02. The summed E-state index contributed by atoms with van der Waals surface area (Å²) in [5.41, 5.74) is 2.35. The highest BCUT2D eigenvalue weighted by Gasteiger charge is 2.10. The number of hydrogen-bond donors (Lipinski definition) is 0. The molecular formula is C12H17ClN+. The van der Waals surface area contributed by atoms with Gasteiger partial charge in [-0.1, -0.05) is 17.7 Å². The highest BCUT2D eigenvalue weighted by atomic mass is 35.5. The third-order valence-electron chi connectivity index (χ3n) is 2.30. The highest BCUT2D eigenvalue weighted by Crippen LogP contribution is 2.08. The van der Waals surface area contributed by atoms with Crippen LogP contribution in [-0.4, -0.2) is 22.8 Å². The smallest absolute Gasteiger partial charge is 0.220 e. The Morgan fingerprint density at radius 3 is 2.43 bits per heavy atom. The van der Waals surface area contributed by atoms with Crippen LogP contribution in [0, 0.1) is 6.92 Å². The summed E-state index contributed by atoms with van der Waals surface area (Å²) in [7, 11) is 0. The Hall–Kier alpha value is -0.820. The van der Waals surface area contributed by atoms with Crippen LogP contribution in [0.4, 0.5) is 0 Å². The van der Waals surface area contributed by atoms with Gasteiger partial charge in [-0.15, -0.1) is 0 Å². The van der Waals surface area contributed by atoms with Crippen LogP contribution in [0.1, 0.15) is 25.0 Å². The van der Waals surface area contributed by atoms with Crippen LogP contribution in [0.15, 0.2) is 24.3 Å². The lowest BCUT2D eigenvalue weighted by atomic mass is 10.1. The van der Waals surface area contributed by atoms with Gasteiger partial charge in [0.2, 0.25) is 0 Å². The fraction of sp³-hybridized carbons (Fsp3) is 0.417. The van der Waals surface area contributed by atoms with E-state index in [1.54, 1.807) is 0 Å². The van der Waals surface area contributed by atoms with Crippen molar-refractivity contribution in [3.63, 3.8) is 0 Å². The molecule has 0 N–H and O–H groups in total. The van der Waals surface area contributed by atoms with E-state index in [1.165, 1.54) is 5.56 Å². The lowest BCUT2D eigenvalue weighted by Crippen LogP contribution is -2.18. The van der Waals surface area contributed by atoms with E-state index < -0.39 is 0 Å². The van der Waals surface area contributed by atoms with Crippen LogP contribution in [-0.2, 0) is 0 Å². The van der Waals surface area contributed by atoms with Crippen LogP contribution in [0.25, 0.3) is 0 Å². The van der Waals surface area contributed by atoms with E-state index in [4.69, 9.17) is 11.6 Å². The van der Waals surface area contributed by atoms with Crippen LogP contribution in [0.2, 0.25) is 0 Å².